The van der Waals surface area contributed by atoms with Gasteiger partial charge < -0.3 is 14.2 Å². The molecule has 0 aliphatic carbocycles. The first-order valence-electron chi connectivity index (χ1n) is 8.69. The second kappa shape index (κ2) is 12.8. The van der Waals surface area contributed by atoms with Gasteiger partial charge in [0.15, 0.2) is 11.7 Å². The molecule has 0 radical (unpaired) electrons. The number of nitrogens with one attached hydrogen (secondary N) is 3. The van der Waals surface area contributed by atoms with Crippen molar-refractivity contribution in [2.45, 2.75) is 0 Å². The lowest BCUT2D eigenvalue weighted by atomic mass is 10.2. The minimum Gasteiger partial charge on any atom is -0.490 e. The van der Waals surface area contributed by atoms with Gasteiger partial charge in [-0.05, 0) is 48.6 Å². The fraction of sp³-hybridized carbons (Fsp3) is 0.211. The fourth-order valence-corrected chi connectivity index (χ4v) is 3.37. The summed E-state index contributed by atoms with van der Waals surface area (Å²) in [5, 5.41) is 2.71. The van der Waals surface area contributed by atoms with Crippen LogP contribution < -0.4 is 25.6 Å². The van der Waals surface area contributed by atoms with Crippen LogP contribution in [-0.2, 0) is 9.53 Å². The molecular weight excluding hydrogens is 578 g/mol. The molecule has 2 rings (SSSR count). The molecule has 0 spiro atoms. The van der Waals surface area contributed by atoms with Crippen molar-refractivity contribution in [1.29, 1.82) is 0 Å². The first kappa shape index (κ1) is 25.3. The maximum Gasteiger partial charge on any atom is 0.276 e. The molecule has 12 heteroatoms. The number of hydrogen-bond donors (Lipinski definition) is 3. The van der Waals surface area contributed by atoms with Crippen LogP contribution in [0.2, 0.25) is 5.02 Å². The molecule has 3 N–H and O–H groups in total. The summed E-state index contributed by atoms with van der Waals surface area (Å²) in [5.74, 6) is -0.323. The van der Waals surface area contributed by atoms with Crippen molar-refractivity contribution in [3.8, 4) is 11.5 Å². The molecule has 0 aliphatic heterocycles. The molecular formula is C19H18Br2ClN3O5S. The highest BCUT2D eigenvalue weighted by molar-refractivity contribution is 9.10. The zero-order chi connectivity index (χ0) is 22.8. The van der Waals surface area contributed by atoms with Crippen LogP contribution in [0.3, 0.4) is 0 Å². The van der Waals surface area contributed by atoms with E-state index in [1.807, 2.05) is 0 Å². The Morgan fingerprint density at radius 3 is 2.35 bits per heavy atom. The number of carbonyl (C=O) groups is 2. The molecule has 0 saturated heterocycles. The second-order valence-electron chi connectivity index (χ2n) is 5.80. The Bertz CT molecular complexity index is 964. The van der Waals surface area contributed by atoms with E-state index in [4.69, 9.17) is 38.0 Å². The van der Waals surface area contributed by atoms with Gasteiger partial charge in [-0.25, -0.2) is 0 Å². The lowest BCUT2D eigenvalue weighted by Crippen LogP contribution is -2.49. The third-order valence-electron chi connectivity index (χ3n) is 3.53. The van der Waals surface area contributed by atoms with Crippen LogP contribution in [0, 0.1) is 0 Å². The number of thiocarbonyl (C=S) groups is 1. The van der Waals surface area contributed by atoms with Crippen LogP contribution in [0.15, 0.2) is 45.3 Å². The zero-order valence-electron chi connectivity index (χ0n) is 16.2. The van der Waals surface area contributed by atoms with Gasteiger partial charge in [0, 0.05) is 16.1 Å². The molecule has 0 aromatic heterocycles. The van der Waals surface area contributed by atoms with Crippen molar-refractivity contribution in [2.75, 3.05) is 26.9 Å². The standard InChI is InChI=1S/C19H18Br2ClN3O5S/c1-28-6-7-29-15-4-2-11(20)8-13(15)18(27)23-19(31)25-24-17(26)10-30-16-5-3-12(21)9-14(16)22/h2-5,8-9H,6-7,10H2,1H3,(H,24,26)(H2,23,25,27,31). The quantitative estimate of drug-likeness (QED) is 0.244. The number of halogens is 3. The van der Waals surface area contributed by atoms with Gasteiger partial charge in [0.1, 0.15) is 18.1 Å². The maximum absolute atomic E-state index is 12.6. The predicted molar refractivity (Wildman–Crippen MR) is 128 cm³/mol. The zero-order valence-corrected chi connectivity index (χ0v) is 20.9. The Hall–Kier alpha value is -1.92. The van der Waals surface area contributed by atoms with Crippen LogP contribution >= 0.6 is 55.7 Å². The summed E-state index contributed by atoms with van der Waals surface area (Å²) in [7, 11) is 1.55. The molecule has 166 valence electrons. The van der Waals surface area contributed by atoms with Crippen LogP contribution in [-0.4, -0.2) is 43.9 Å². The highest BCUT2D eigenvalue weighted by Crippen LogP contribution is 2.27. The van der Waals surface area contributed by atoms with Crippen molar-refractivity contribution in [1.82, 2.24) is 16.2 Å². The van der Waals surface area contributed by atoms with Gasteiger partial charge in [-0.1, -0.05) is 43.5 Å². The van der Waals surface area contributed by atoms with Crippen LogP contribution in [0.1, 0.15) is 10.4 Å². The lowest BCUT2D eigenvalue weighted by molar-refractivity contribution is -0.123. The van der Waals surface area contributed by atoms with Crippen molar-refractivity contribution in [3.63, 3.8) is 0 Å². The summed E-state index contributed by atoms with van der Waals surface area (Å²) in [6.45, 7) is 0.338. The monoisotopic (exact) mass is 593 g/mol. The third-order valence-corrected chi connectivity index (χ3v) is 5.01. The van der Waals surface area contributed by atoms with Gasteiger partial charge in [0.05, 0.1) is 17.2 Å². The van der Waals surface area contributed by atoms with E-state index >= 15 is 0 Å². The predicted octanol–water partition coefficient (Wildman–Crippen LogP) is 3.60. The Morgan fingerprint density at radius 2 is 1.68 bits per heavy atom. The summed E-state index contributed by atoms with van der Waals surface area (Å²) >= 11 is 17.7. The van der Waals surface area contributed by atoms with E-state index in [9.17, 15) is 9.59 Å². The van der Waals surface area contributed by atoms with Crippen LogP contribution in [0.5, 0.6) is 11.5 Å². The third kappa shape index (κ3) is 8.62. The number of ether oxygens (including phenoxy) is 3. The largest absolute Gasteiger partial charge is 0.490 e. The SMILES string of the molecule is COCCOc1ccc(Br)cc1C(=O)NC(=S)NNC(=O)COc1ccc(Br)cc1Cl. The van der Waals surface area contributed by atoms with Gasteiger partial charge >= 0.3 is 0 Å². The van der Waals surface area contributed by atoms with Crippen molar-refractivity contribution in [2.24, 2.45) is 0 Å². The number of benzene rings is 2. The minimum absolute atomic E-state index is 0.108. The fourth-order valence-electron chi connectivity index (χ4n) is 2.14. The normalized spacial score (nSPS) is 10.2. The minimum atomic E-state index is -0.526. The molecule has 31 heavy (non-hydrogen) atoms. The maximum atomic E-state index is 12.6. The molecule has 0 saturated carbocycles. The molecule has 0 atom stereocenters. The van der Waals surface area contributed by atoms with Gasteiger partial charge in [-0.15, -0.1) is 0 Å². The van der Waals surface area contributed by atoms with Gasteiger partial charge in [-0.3, -0.25) is 25.8 Å². The van der Waals surface area contributed by atoms with Crippen molar-refractivity contribution in [3.05, 3.63) is 55.9 Å². The molecule has 0 bridgehead atoms. The summed E-state index contributed by atoms with van der Waals surface area (Å²) < 4.78 is 17.3. The van der Waals surface area contributed by atoms with E-state index < -0.39 is 11.8 Å². The topological polar surface area (TPSA) is 97.9 Å². The smallest absolute Gasteiger partial charge is 0.276 e. The number of rotatable bonds is 8. The van der Waals surface area contributed by atoms with Gasteiger partial charge in [-0.2, -0.15) is 0 Å². The van der Waals surface area contributed by atoms with Crippen LogP contribution in [0.4, 0.5) is 0 Å². The van der Waals surface area contributed by atoms with Gasteiger partial charge in [0.2, 0.25) is 0 Å². The molecule has 0 heterocycles. The summed E-state index contributed by atoms with van der Waals surface area (Å²) in [5.41, 5.74) is 5.02. The first-order valence-corrected chi connectivity index (χ1v) is 11.1. The van der Waals surface area contributed by atoms with E-state index in [-0.39, 0.29) is 23.9 Å². The molecule has 0 unspecified atom stereocenters. The lowest BCUT2D eigenvalue weighted by Gasteiger charge is -2.14. The molecule has 0 fully saturated rings. The summed E-state index contributed by atoms with van der Waals surface area (Å²) in [4.78, 5) is 24.5. The Labute approximate surface area is 206 Å². The molecule has 0 aliphatic rings. The van der Waals surface area contributed by atoms with Crippen molar-refractivity contribution >= 4 is 72.6 Å². The molecule has 2 aromatic carbocycles. The molecule has 8 nitrogen and oxygen atoms in total. The number of methoxy groups -OCH3 is 1. The second-order valence-corrected chi connectivity index (χ2v) is 8.45. The number of hydrogen-bond acceptors (Lipinski definition) is 6. The average Bonchev–Trinajstić information content (AvgIpc) is 2.72. The number of hydrazine groups is 1. The Kier molecular flexibility index (Phi) is 10.5. The summed E-state index contributed by atoms with van der Waals surface area (Å²) in [6, 6.07) is 9.99. The Balaban J connectivity index is 1.84. The number of amides is 2. The molecule has 2 amide bonds. The average molecular weight is 596 g/mol. The van der Waals surface area contributed by atoms with E-state index in [0.29, 0.717) is 27.6 Å². The van der Waals surface area contributed by atoms with E-state index in [2.05, 4.69) is 48.0 Å². The highest BCUT2D eigenvalue weighted by atomic mass is 79.9. The van der Waals surface area contributed by atoms with Crippen LogP contribution in [0.25, 0.3) is 0 Å². The van der Waals surface area contributed by atoms with E-state index in [1.165, 1.54) is 0 Å². The summed E-state index contributed by atoms with van der Waals surface area (Å²) in [6.07, 6.45) is 0. The molecule has 2 aromatic rings. The highest BCUT2D eigenvalue weighted by Gasteiger charge is 2.15. The van der Waals surface area contributed by atoms with Crippen molar-refractivity contribution < 1.29 is 23.8 Å². The van der Waals surface area contributed by atoms with E-state index in [0.717, 1.165) is 4.47 Å². The first-order chi connectivity index (χ1) is 14.8. The Morgan fingerprint density at radius 1 is 1.00 bits per heavy atom. The number of carbonyl (C=O) groups excluding carboxylic acids is 2. The van der Waals surface area contributed by atoms with E-state index in [1.54, 1.807) is 43.5 Å². The van der Waals surface area contributed by atoms with Gasteiger partial charge in [0.25, 0.3) is 11.8 Å².